The van der Waals surface area contributed by atoms with Crippen LogP contribution >= 0.6 is 15.9 Å². The Kier molecular flexibility index (Phi) is 3.14. The van der Waals surface area contributed by atoms with E-state index in [0.29, 0.717) is 18.8 Å². The van der Waals surface area contributed by atoms with E-state index in [4.69, 9.17) is 10.6 Å². The highest BCUT2D eigenvalue weighted by molar-refractivity contribution is 9.10. The zero-order valence-electron chi connectivity index (χ0n) is 9.87. The standard InChI is InChI=1S/C12H15BrN2O2/c1-12(2)7-17-15(11(12)16)6-8-3-4-9(14)5-10(8)13/h3-5H,6-7,14H2,1-2H3. The third-order valence-corrected chi connectivity index (χ3v) is 3.52. The van der Waals surface area contributed by atoms with Crippen molar-refractivity contribution in [3.8, 4) is 0 Å². The Morgan fingerprint density at radius 2 is 2.24 bits per heavy atom. The fourth-order valence-electron chi connectivity index (χ4n) is 1.66. The summed E-state index contributed by atoms with van der Waals surface area (Å²) in [5.41, 5.74) is 6.90. The average molecular weight is 299 g/mol. The first-order valence-electron chi connectivity index (χ1n) is 5.39. The summed E-state index contributed by atoms with van der Waals surface area (Å²) in [5, 5.41) is 1.41. The van der Waals surface area contributed by atoms with E-state index in [2.05, 4.69) is 15.9 Å². The molecule has 4 nitrogen and oxygen atoms in total. The quantitative estimate of drug-likeness (QED) is 0.853. The molecule has 1 heterocycles. The van der Waals surface area contributed by atoms with Crippen LogP contribution in [0.2, 0.25) is 0 Å². The lowest BCUT2D eigenvalue weighted by atomic mass is 9.95. The Bertz CT molecular complexity index is 460. The maximum absolute atomic E-state index is 12.0. The van der Waals surface area contributed by atoms with Gasteiger partial charge in [0.05, 0.1) is 18.6 Å². The zero-order chi connectivity index (χ0) is 12.6. The Hall–Kier alpha value is -1.07. The molecular weight excluding hydrogens is 284 g/mol. The number of hydrogen-bond donors (Lipinski definition) is 1. The van der Waals surface area contributed by atoms with Crippen LogP contribution in [0.1, 0.15) is 19.4 Å². The molecular formula is C12H15BrN2O2. The summed E-state index contributed by atoms with van der Waals surface area (Å²) in [5.74, 6) is 0.0150. The number of anilines is 1. The summed E-state index contributed by atoms with van der Waals surface area (Å²) in [7, 11) is 0. The third-order valence-electron chi connectivity index (χ3n) is 2.78. The summed E-state index contributed by atoms with van der Waals surface area (Å²) in [4.78, 5) is 17.4. The van der Waals surface area contributed by atoms with Crippen LogP contribution in [-0.4, -0.2) is 17.6 Å². The fraction of sp³-hybridized carbons (Fsp3) is 0.417. The number of rotatable bonds is 2. The van der Waals surface area contributed by atoms with Gasteiger partial charge in [-0.1, -0.05) is 22.0 Å². The predicted octanol–water partition coefficient (Wildman–Crippen LogP) is 2.33. The first-order valence-corrected chi connectivity index (χ1v) is 6.18. The number of nitrogen functional groups attached to an aromatic ring is 1. The number of benzene rings is 1. The minimum absolute atomic E-state index is 0.0150. The Morgan fingerprint density at radius 1 is 1.53 bits per heavy atom. The molecule has 0 aliphatic carbocycles. The van der Waals surface area contributed by atoms with Gasteiger partial charge in [-0.05, 0) is 31.5 Å². The van der Waals surface area contributed by atoms with E-state index in [-0.39, 0.29) is 5.91 Å². The molecule has 1 aliphatic rings. The molecule has 0 spiro atoms. The van der Waals surface area contributed by atoms with Crippen molar-refractivity contribution in [3.05, 3.63) is 28.2 Å². The Labute approximate surface area is 109 Å². The summed E-state index contributed by atoms with van der Waals surface area (Å²) >= 11 is 3.43. The van der Waals surface area contributed by atoms with Crippen LogP contribution in [0.3, 0.4) is 0 Å². The second-order valence-corrected chi connectivity index (χ2v) is 5.70. The van der Waals surface area contributed by atoms with Gasteiger partial charge in [-0.15, -0.1) is 0 Å². The van der Waals surface area contributed by atoms with Gasteiger partial charge in [-0.2, -0.15) is 0 Å². The normalized spacial score (nSPS) is 18.8. The molecule has 1 aromatic carbocycles. The molecule has 0 aromatic heterocycles. The minimum Gasteiger partial charge on any atom is -0.399 e. The highest BCUT2D eigenvalue weighted by Gasteiger charge is 2.40. The predicted molar refractivity (Wildman–Crippen MR) is 68.8 cm³/mol. The number of carbonyl (C=O) groups is 1. The largest absolute Gasteiger partial charge is 0.399 e. The minimum atomic E-state index is -0.430. The monoisotopic (exact) mass is 298 g/mol. The van der Waals surface area contributed by atoms with Crippen molar-refractivity contribution in [2.24, 2.45) is 5.41 Å². The molecule has 1 aromatic rings. The van der Waals surface area contributed by atoms with Crippen LogP contribution in [0.4, 0.5) is 5.69 Å². The molecule has 2 rings (SSSR count). The maximum Gasteiger partial charge on any atom is 0.254 e. The molecule has 0 unspecified atom stereocenters. The van der Waals surface area contributed by atoms with Gasteiger partial charge in [0.25, 0.3) is 5.91 Å². The lowest BCUT2D eigenvalue weighted by Gasteiger charge is -2.17. The SMILES string of the molecule is CC1(C)CON(Cc2ccc(N)cc2Br)C1=O. The van der Waals surface area contributed by atoms with Crippen LogP contribution in [-0.2, 0) is 16.2 Å². The van der Waals surface area contributed by atoms with Crippen molar-refractivity contribution in [1.82, 2.24) is 5.06 Å². The lowest BCUT2D eigenvalue weighted by molar-refractivity contribution is -0.165. The molecule has 0 atom stereocenters. The summed E-state index contributed by atoms with van der Waals surface area (Å²) in [6, 6.07) is 5.52. The van der Waals surface area contributed by atoms with E-state index in [9.17, 15) is 4.79 Å². The number of halogens is 1. The lowest BCUT2D eigenvalue weighted by Crippen LogP contribution is -2.30. The van der Waals surface area contributed by atoms with Crippen molar-refractivity contribution >= 4 is 27.5 Å². The molecule has 0 radical (unpaired) electrons. The molecule has 1 amide bonds. The molecule has 1 saturated heterocycles. The molecule has 5 heteroatoms. The van der Waals surface area contributed by atoms with Gasteiger partial charge in [-0.25, -0.2) is 5.06 Å². The van der Waals surface area contributed by atoms with Gasteiger partial charge < -0.3 is 5.73 Å². The first-order chi connectivity index (χ1) is 7.90. The second kappa shape index (κ2) is 4.31. The number of amides is 1. The van der Waals surface area contributed by atoms with E-state index < -0.39 is 5.41 Å². The number of hydrogen-bond acceptors (Lipinski definition) is 3. The average Bonchev–Trinajstić information content (AvgIpc) is 2.49. The molecule has 1 fully saturated rings. The third kappa shape index (κ3) is 2.45. The van der Waals surface area contributed by atoms with Crippen molar-refractivity contribution < 1.29 is 9.63 Å². The van der Waals surface area contributed by atoms with Gasteiger partial charge in [-0.3, -0.25) is 9.63 Å². The molecule has 0 bridgehead atoms. The summed E-state index contributed by atoms with van der Waals surface area (Å²) < 4.78 is 0.888. The van der Waals surface area contributed by atoms with Gasteiger partial charge in [0, 0.05) is 10.2 Å². The van der Waals surface area contributed by atoms with Crippen molar-refractivity contribution in [1.29, 1.82) is 0 Å². The van der Waals surface area contributed by atoms with Crippen molar-refractivity contribution in [2.75, 3.05) is 12.3 Å². The van der Waals surface area contributed by atoms with Crippen molar-refractivity contribution in [3.63, 3.8) is 0 Å². The molecule has 17 heavy (non-hydrogen) atoms. The van der Waals surface area contributed by atoms with Gasteiger partial charge in [0.1, 0.15) is 0 Å². The molecule has 1 aliphatic heterocycles. The van der Waals surface area contributed by atoms with Gasteiger partial charge >= 0.3 is 0 Å². The van der Waals surface area contributed by atoms with E-state index >= 15 is 0 Å². The highest BCUT2D eigenvalue weighted by atomic mass is 79.9. The fourth-order valence-corrected chi connectivity index (χ4v) is 2.18. The smallest absolute Gasteiger partial charge is 0.254 e. The van der Waals surface area contributed by atoms with E-state index in [1.165, 1.54) is 5.06 Å². The van der Waals surface area contributed by atoms with E-state index in [0.717, 1.165) is 10.0 Å². The van der Waals surface area contributed by atoms with Crippen LogP contribution in [0.5, 0.6) is 0 Å². The van der Waals surface area contributed by atoms with E-state index in [1.807, 2.05) is 32.0 Å². The number of nitrogens with two attached hydrogens (primary N) is 1. The maximum atomic E-state index is 12.0. The van der Waals surface area contributed by atoms with Crippen molar-refractivity contribution in [2.45, 2.75) is 20.4 Å². The van der Waals surface area contributed by atoms with Gasteiger partial charge in [0.15, 0.2) is 0 Å². The zero-order valence-corrected chi connectivity index (χ0v) is 11.5. The number of hydroxylamine groups is 2. The molecule has 0 saturated carbocycles. The van der Waals surface area contributed by atoms with Gasteiger partial charge in [0.2, 0.25) is 0 Å². The van der Waals surface area contributed by atoms with Crippen LogP contribution in [0.15, 0.2) is 22.7 Å². The Morgan fingerprint density at radius 3 is 2.76 bits per heavy atom. The van der Waals surface area contributed by atoms with Crippen LogP contribution in [0.25, 0.3) is 0 Å². The highest BCUT2D eigenvalue weighted by Crippen LogP contribution is 2.30. The molecule has 2 N–H and O–H groups in total. The summed E-state index contributed by atoms with van der Waals surface area (Å²) in [6.07, 6.45) is 0. The van der Waals surface area contributed by atoms with Crippen LogP contribution in [0, 0.1) is 5.41 Å². The summed E-state index contributed by atoms with van der Waals surface area (Å²) in [6.45, 7) is 4.63. The number of carbonyl (C=O) groups excluding carboxylic acids is 1. The second-order valence-electron chi connectivity index (χ2n) is 4.85. The topological polar surface area (TPSA) is 55.6 Å². The van der Waals surface area contributed by atoms with E-state index in [1.54, 1.807) is 0 Å². The first kappa shape index (κ1) is 12.4. The number of nitrogens with zero attached hydrogens (tertiary/aromatic N) is 1. The molecule has 92 valence electrons. The van der Waals surface area contributed by atoms with Crippen LogP contribution < -0.4 is 5.73 Å². The Balaban J connectivity index is 2.15.